The van der Waals surface area contributed by atoms with Crippen LogP contribution in [0.5, 0.6) is 5.75 Å². The number of phenols is 1. The number of rotatable bonds is 3. The van der Waals surface area contributed by atoms with Crippen molar-refractivity contribution >= 4 is 17.8 Å². The second-order valence-corrected chi connectivity index (χ2v) is 2.89. The van der Waals surface area contributed by atoms with Gasteiger partial charge in [0.2, 0.25) is 0 Å². The van der Waals surface area contributed by atoms with Crippen molar-refractivity contribution in [2.45, 2.75) is 0 Å². The lowest BCUT2D eigenvalue weighted by atomic mass is 10.2. The van der Waals surface area contributed by atoms with Crippen LogP contribution in [0.3, 0.4) is 0 Å². The summed E-state index contributed by atoms with van der Waals surface area (Å²) in [4.78, 5) is 0. The quantitative estimate of drug-likeness (QED) is 0.343. The number of aromatic hydroxyl groups is 1. The van der Waals surface area contributed by atoms with Crippen molar-refractivity contribution in [3.8, 4) is 11.8 Å². The maximum atomic E-state index is 9.35. The first kappa shape index (κ1) is 10.4. The monoisotopic (exact) mass is 209 g/mol. The summed E-state index contributed by atoms with van der Waals surface area (Å²) in [5.41, 5.74) is 2.99. The lowest BCUT2D eigenvalue weighted by molar-refractivity contribution is 0.474. The summed E-state index contributed by atoms with van der Waals surface area (Å²) < 4.78 is 0. The number of halogens is 1. The summed E-state index contributed by atoms with van der Waals surface area (Å²) >= 11 is 5.71. The molecule has 0 heterocycles. The first-order valence-corrected chi connectivity index (χ1v) is 4.23. The Bertz CT molecular complexity index is 384. The summed E-state index contributed by atoms with van der Waals surface area (Å²) in [5.74, 6) is 0.0944. The Morgan fingerprint density at radius 2 is 2.43 bits per heavy atom. The molecule has 14 heavy (non-hydrogen) atoms. The van der Waals surface area contributed by atoms with Crippen molar-refractivity contribution in [2.75, 3.05) is 6.54 Å². The van der Waals surface area contributed by atoms with Crippen molar-refractivity contribution in [2.24, 2.45) is 5.10 Å². The highest BCUT2D eigenvalue weighted by atomic mass is 35.5. The molecule has 0 atom stereocenters. The van der Waals surface area contributed by atoms with Gasteiger partial charge >= 0.3 is 0 Å². The molecule has 72 valence electrons. The molecule has 0 aliphatic carbocycles. The molecule has 0 fully saturated rings. The third kappa shape index (κ3) is 2.96. The molecule has 4 nitrogen and oxygen atoms in total. The first-order chi connectivity index (χ1) is 6.74. The highest BCUT2D eigenvalue weighted by molar-refractivity contribution is 6.30. The van der Waals surface area contributed by atoms with Gasteiger partial charge in [-0.1, -0.05) is 11.6 Å². The SMILES string of the molecule is N#CCN/N=C/c1cc(Cl)ccc1O. The minimum absolute atomic E-state index is 0.0944. The molecule has 0 aromatic heterocycles. The van der Waals surface area contributed by atoms with E-state index in [0.29, 0.717) is 10.6 Å². The van der Waals surface area contributed by atoms with Crippen LogP contribution in [0.4, 0.5) is 0 Å². The summed E-state index contributed by atoms with van der Waals surface area (Å²) in [5, 5.41) is 21.8. The van der Waals surface area contributed by atoms with E-state index in [1.807, 2.05) is 6.07 Å². The largest absolute Gasteiger partial charge is 0.507 e. The minimum atomic E-state index is 0.0944. The molecule has 5 heteroatoms. The van der Waals surface area contributed by atoms with Gasteiger partial charge in [-0.25, -0.2) is 0 Å². The van der Waals surface area contributed by atoms with Crippen LogP contribution in [-0.4, -0.2) is 17.9 Å². The topological polar surface area (TPSA) is 68.4 Å². The molecule has 0 radical (unpaired) electrons. The Balaban J connectivity index is 2.71. The molecule has 0 saturated carbocycles. The average molecular weight is 210 g/mol. The number of nitrogens with zero attached hydrogens (tertiary/aromatic N) is 2. The predicted octanol–water partition coefficient (Wildman–Crippen LogP) is 1.49. The Kier molecular flexibility index (Phi) is 3.77. The van der Waals surface area contributed by atoms with Crippen LogP contribution in [-0.2, 0) is 0 Å². The van der Waals surface area contributed by atoms with E-state index in [4.69, 9.17) is 16.9 Å². The van der Waals surface area contributed by atoms with Crippen LogP contribution in [0.15, 0.2) is 23.3 Å². The molecule has 1 aromatic carbocycles. The van der Waals surface area contributed by atoms with E-state index in [1.54, 1.807) is 12.1 Å². The number of phenolic OH excluding ortho intramolecular Hbond substituents is 1. The van der Waals surface area contributed by atoms with Gasteiger partial charge in [-0.2, -0.15) is 10.4 Å². The maximum Gasteiger partial charge on any atom is 0.124 e. The third-order valence-electron chi connectivity index (χ3n) is 1.44. The van der Waals surface area contributed by atoms with E-state index < -0.39 is 0 Å². The number of nitrogens with one attached hydrogen (secondary N) is 1. The lowest BCUT2D eigenvalue weighted by Crippen LogP contribution is -2.04. The molecule has 0 saturated heterocycles. The van der Waals surface area contributed by atoms with Crippen LogP contribution < -0.4 is 5.43 Å². The minimum Gasteiger partial charge on any atom is -0.507 e. The smallest absolute Gasteiger partial charge is 0.124 e. The van der Waals surface area contributed by atoms with Gasteiger partial charge in [0, 0.05) is 10.6 Å². The van der Waals surface area contributed by atoms with E-state index in [2.05, 4.69) is 10.5 Å². The van der Waals surface area contributed by atoms with Crippen LogP contribution in [0, 0.1) is 11.3 Å². The predicted molar refractivity (Wildman–Crippen MR) is 54.3 cm³/mol. The highest BCUT2D eigenvalue weighted by Gasteiger charge is 1.97. The molecule has 0 unspecified atom stereocenters. The molecule has 0 aliphatic rings. The molecule has 0 amide bonds. The molecular weight excluding hydrogens is 202 g/mol. The van der Waals surface area contributed by atoms with Gasteiger partial charge in [0.25, 0.3) is 0 Å². The van der Waals surface area contributed by atoms with Crippen molar-refractivity contribution in [1.29, 1.82) is 5.26 Å². The van der Waals surface area contributed by atoms with E-state index in [9.17, 15) is 5.11 Å². The number of benzene rings is 1. The Morgan fingerprint density at radius 3 is 3.14 bits per heavy atom. The molecule has 2 N–H and O–H groups in total. The Morgan fingerprint density at radius 1 is 1.64 bits per heavy atom. The standard InChI is InChI=1S/C9H8ClN3O/c10-8-1-2-9(14)7(5-8)6-13-12-4-3-11/h1-2,5-6,12,14H,4H2/b13-6+. The van der Waals surface area contributed by atoms with E-state index >= 15 is 0 Å². The first-order valence-electron chi connectivity index (χ1n) is 3.85. The molecule has 1 aromatic rings. The second kappa shape index (κ2) is 5.10. The fourth-order valence-electron chi connectivity index (χ4n) is 0.825. The average Bonchev–Trinajstić information content (AvgIpc) is 2.18. The highest BCUT2D eigenvalue weighted by Crippen LogP contribution is 2.19. The van der Waals surface area contributed by atoms with Gasteiger partial charge in [0.1, 0.15) is 12.3 Å². The lowest BCUT2D eigenvalue weighted by Gasteiger charge is -1.98. The van der Waals surface area contributed by atoms with E-state index in [0.717, 1.165) is 0 Å². The van der Waals surface area contributed by atoms with Crippen molar-refractivity contribution in [3.05, 3.63) is 28.8 Å². The van der Waals surface area contributed by atoms with Crippen molar-refractivity contribution in [3.63, 3.8) is 0 Å². The second-order valence-electron chi connectivity index (χ2n) is 2.45. The van der Waals surface area contributed by atoms with E-state index in [1.165, 1.54) is 12.3 Å². The van der Waals surface area contributed by atoms with E-state index in [-0.39, 0.29) is 12.3 Å². The molecule has 0 aliphatic heterocycles. The molecule has 0 bridgehead atoms. The van der Waals surface area contributed by atoms with Gasteiger partial charge in [-0.15, -0.1) is 0 Å². The molecule has 1 rings (SSSR count). The van der Waals surface area contributed by atoms with Crippen LogP contribution in [0.2, 0.25) is 5.02 Å². The normalized spacial score (nSPS) is 10.0. The Labute approximate surface area is 86.4 Å². The zero-order chi connectivity index (χ0) is 10.4. The van der Waals surface area contributed by atoms with Crippen LogP contribution >= 0.6 is 11.6 Å². The Hall–Kier alpha value is -1.73. The fraction of sp³-hybridized carbons (Fsp3) is 0.111. The maximum absolute atomic E-state index is 9.35. The van der Waals surface area contributed by atoms with Gasteiger partial charge in [-0.05, 0) is 18.2 Å². The van der Waals surface area contributed by atoms with Gasteiger partial charge in [-0.3, -0.25) is 5.43 Å². The molecular formula is C9H8ClN3O. The summed E-state index contributed by atoms with van der Waals surface area (Å²) in [6.07, 6.45) is 1.40. The van der Waals surface area contributed by atoms with Gasteiger partial charge < -0.3 is 5.11 Å². The van der Waals surface area contributed by atoms with Crippen LogP contribution in [0.25, 0.3) is 0 Å². The van der Waals surface area contributed by atoms with Crippen molar-refractivity contribution < 1.29 is 5.11 Å². The summed E-state index contributed by atoms with van der Waals surface area (Å²) in [6.45, 7) is 0.123. The number of hydrogen-bond acceptors (Lipinski definition) is 4. The third-order valence-corrected chi connectivity index (χ3v) is 1.68. The number of nitriles is 1. The van der Waals surface area contributed by atoms with Gasteiger partial charge in [0.15, 0.2) is 0 Å². The number of hydrogen-bond donors (Lipinski definition) is 2. The van der Waals surface area contributed by atoms with Crippen LogP contribution in [0.1, 0.15) is 5.56 Å². The molecule has 0 spiro atoms. The van der Waals surface area contributed by atoms with Gasteiger partial charge in [0.05, 0.1) is 12.3 Å². The zero-order valence-electron chi connectivity index (χ0n) is 7.24. The van der Waals surface area contributed by atoms with Crippen molar-refractivity contribution in [1.82, 2.24) is 5.43 Å². The fourth-order valence-corrected chi connectivity index (χ4v) is 1.01. The summed E-state index contributed by atoms with van der Waals surface area (Å²) in [6, 6.07) is 6.50. The zero-order valence-corrected chi connectivity index (χ0v) is 7.99. The summed E-state index contributed by atoms with van der Waals surface area (Å²) in [7, 11) is 0. The number of hydrazone groups is 1.